The molecule has 2 N–H and O–H groups in total. The second kappa shape index (κ2) is 11.8. The van der Waals surface area contributed by atoms with Crippen molar-refractivity contribution < 1.29 is 14.9 Å². The Labute approximate surface area is 263 Å². The minimum Gasteiger partial charge on any atom is -0.494 e. The average Bonchev–Trinajstić information content (AvgIpc) is 2.93. The number of aromatic nitrogens is 4. The molecule has 15 heteroatoms. The summed E-state index contributed by atoms with van der Waals surface area (Å²) >= 11 is 35.8. The van der Waals surface area contributed by atoms with Crippen molar-refractivity contribution in [2.75, 3.05) is 0 Å². The van der Waals surface area contributed by atoms with Crippen LogP contribution in [-0.2, 0) is 34.8 Å². The SMILES string of the molecule is Cn1c(O)c(C(c2cc(Cl)c(OCc3ccc(Cl)c(Cl)c3)c(Cl)c2)c2c(O)n(C)c(=S)n(C)c2=O)c(=O)n(C)c1=S. The molecular formula is C26H22Cl4N4O5S2. The van der Waals surface area contributed by atoms with Crippen LogP contribution in [0.1, 0.15) is 28.2 Å². The second-order valence-corrected chi connectivity index (χ2v) is 11.5. The minimum absolute atomic E-state index is 0.0284. The third-order valence-electron chi connectivity index (χ3n) is 6.63. The number of halogens is 4. The summed E-state index contributed by atoms with van der Waals surface area (Å²) in [4.78, 5) is 27.1. The van der Waals surface area contributed by atoms with Crippen LogP contribution >= 0.6 is 70.8 Å². The highest BCUT2D eigenvalue weighted by molar-refractivity contribution is 7.71. The Bertz CT molecular complexity index is 1860. The summed E-state index contributed by atoms with van der Waals surface area (Å²) < 4.78 is 10.6. The Morgan fingerprint density at radius 1 is 0.732 bits per heavy atom. The lowest BCUT2D eigenvalue weighted by Crippen LogP contribution is -2.33. The first-order chi connectivity index (χ1) is 19.2. The zero-order valence-electron chi connectivity index (χ0n) is 21.9. The van der Waals surface area contributed by atoms with Gasteiger partial charge in [-0.05, 0) is 59.8 Å². The number of ether oxygens (including phenoxy) is 1. The van der Waals surface area contributed by atoms with E-state index in [1.165, 1.54) is 49.5 Å². The first kappa shape index (κ1) is 31.1. The van der Waals surface area contributed by atoms with Crippen molar-refractivity contribution in [3.8, 4) is 17.5 Å². The molecule has 0 aliphatic carbocycles. The number of benzene rings is 2. The second-order valence-electron chi connectivity index (χ2n) is 9.17. The Hall–Kier alpha value is -2.80. The van der Waals surface area contributed by atoms with Gasteiger partial charge in [-0.1, -0.05) is 52.5 Å². The largest absolute Gasteiger partial charge is 0.494 e. The van der Waals surface area contributed by atoms with Crippen LogP contribution in [0.2, 0.25) is 20.1 Å². The lowest BCUT2D eigenvalue weighted by Gasteiger charge is -2.24. The van der Waals surface area contributed by atoms with Crippen molar-refractivity contribution in [3.63, 3.8) is 0 Å². The fourth-order valence-corrected chi connectivity index (χ4v) is 5.64. The molecule has 216 valence electrons. The molecule has 0 unspecified atom stereocenters. The Morgan fingerprint density at radius 2 is 1.20 bits per heavy atom. The van der Waals surface area contributed by atoms with Gasteiger partial charge in [0.15, 0.2) is 15.3 Å². The Kier molecular flexibility index (Phi) is 8.98. The van der Waals surface area contributed by atoms with Gasteiger partial charge in [-0.2, -0.15) is 0 Å². The van der Waals surface area contributed by atoms with E-state index in [0.717, 1.165) is 9.13 Å². The normalized spacial score (nSPS) is 11.3. The molecule has 0 atom stereocenters. The standard InChI is InChI=1S/C26H22Cl4N4O5S2/c1-31-21(35)18(22(36)32(2)25(31)40)17(19-23(37)33(3)26(41)34(4)24(19)38)12-8-15(29)20(16(30)9-12)39-10-11-5-6-13(27)14(28)7-11/h5-9,17,35,37H,10H2,1-4H3. The molecule has 0 aliphatic rings. The van der Waals surface area contributed by atoms with Crippen LogP contribution in [0.5, 0.6) is 17.5 Å². The minimum atomic E-state index is -1.35. The number of hydrogen-bond acceptors (Lipinski definition) is 7. The zero-order valence-corrected chi connectivity index (χ0v) is 26.6. The molecule has 0 aliphatic heterocycles. The molecule has 2 aromatic carbocycles. The monoisotopic (exact) mass is 674 g/mol. The fourth-order valence-electron chi connectivity index (χ4n) is 4.37. The highest BCUT2D eigenvalue weighted by atomic mass is 35.5. The van der Waals surface area contributed by atoms with Crippen molar-refractivity contribution in [2.24, 2.45) is 28.2 Å². The van der Waals surface area contributed by atoms with Gasteiger partial charge >= 0.3 is 0 Å². The van der Waals surface area contributed by atoms with Crippen molar-refractivity contribution in [3.05, 3.63) is 103 Å². The first-order valence-corrected chi connectivity index (χ1v) is 14.0. The first-order valence-electron chi connectivity index (χ1n) is 11.7. The van der Waals surface area contributed by atoms with Gasteiger partial charge in [0.05, 0.1) is 37.1 Å². The predicted octanol–water partition coefficient (Wildman–Crippen LogP) is 6.00. The lowest BCUT2D eigenvalue weighted by atomic mass is 9.86. The maximum absolute atomic E-state index is 13.6. The summed E-state index contributed by atoms with van der Waals surface area (Å²) in [6.07, 6.45) is 0. The summed E-state index contributed by atoms with van der Waals surface area (Å²) in [5.41, 5.74) is -0.989. The maximum Gasteiger partial charge on any atom is 0.262 e. The van der Waals surface area contributed by atoms with E-state index in [4.69, 9.17) is 75.6 Å². The van der Waals surface area contributed by atoms with Gasteiger partial charge in [-0.15, -0.1) is 0 Å². The van der Waals surface area contributed by atoms with Gasteiger partial charge in [0.2, 0.25) is 11.8 Å². The van der Waals surface area contributed by atoms with E-state index in [2.05, 4.69) is 0 Å². The van der Waals surface area contributed by atoms with Crippen LogP contribution < -0.4 is 15.9 Å². The summed E-state index contributed by atoms with van der Waals surface area (Å²) in [5.74, 6) is -2.26. The van der Waals surface area contributed by atoms with Crippen LogP contribution in [0.3, 0.4) is 0 Å². The highest BCUT2D eigenvalue weighted by Crippen LogP contribution is 2.42. The van der Waals surface area contributed by atoms with Crippen molar-refractivity contribution in [1.82, 2.24) is 18.3 Å². The van der Waals surface area contributed by atoms with Crippen LogP contribution in [-0.4, -0.2) is 28.5 Å². The maximum atomic E-state index is 13.6. The highest BCUT2D eigenvalue weighted by Gasteiger charge is 2.33. The Morgan fingerprint density at radius 3 is 1.63 bits per heavy atom. The molecule has 41 heavy (non-hydrogen) atoms. The van der Waals surface area contributed by atoms with Gasteiger partial charge in [-0.25, -0.2) is 0 Å². The van der Waals surface area contributed by atoms with E-state index in [-0.39, 0.29) is 48.6 Å². The molecule has 0 radical (unpaired) electrons. The molecule has 2 aromatic heterocycles. The molecule has 0 amide bonds. The lowest BCUT2D eigenvalue weighted by molar-refractivity contribution is 0.306. The number of nitrogens with zero attached hydrogens (tertiary/aromatic N) is 4. The number of rotatable bonds is 6. The molecule has 2 heterocycles. The fraction of sp³-hybridized carbons (Fsp3) is 0.231. The van der Waals surface area contributed by atoms with Gasteiger partial charge in [0.1, 0.15) is 6.61 Å². The average molecular weight is 676 g/mol. The van der Waals surface area contributed by atoms with Crippen molar-refractivity contribution in [2.45, 2.75) is 12.5 Å². The third-order valence-corrected chi connectivity index (χ3v) is 9.03. The van der Waals surface area contributed by atoms with Gasteiger partial charge in [0, 0.05) is 28.2 Å². The van der Waals surface area contributed by atoms with E-state index in [1.807, 2.05) is 0 Å². The van der Waals surface area contributed by atoms with E-state index in [1.54, 1.807) is 18.2 Å². The van der Waals surface area contributed by atoms with E-state index in [0.29, 0.717) is 15.6 Å². The summed E-state index contributed by atoms with van der Waals surface area (Å²) in [5, 5.41) is 23.1. The summed E-state index contributed by atoms with van der Waals surface area (Å²) in [7, 11) is 5.77. The zero-order chi connectivity index (χ0) is 30.5. The molecule has 4 aromatic rings. The molecule has 0 spiro atoms. The third kappa shape index (κ3) is 5.54. The van der Waals surface area contributed by atoms with E-state index in [9.17, 15) is 19.8 Å². The molecule has 9 nitrogen and oxygen atoms in total. The van der Waals surface area contributed by atoms with Gasteiger partial charge < -0.3 is 14.9 Å². The van der Waals surface area contributed by atoms with Gasteiger partial charge in [-0.3, -0.25) is 27.9 Å². The smallest absolute Gasteiger partial charge is 0.262 e. The molecule has 4 rings (SSSR count). The van der Waals surface area contributed by atoms with E-state index < -0.39 is 28.8 Å². The van der Waals surface area contributed by atoms with Crippen molar-refractivity contribution in [1.29, 1.82) is 0 Å². The molecule has 0 bridgehead atoms. The molecule has 0 saturated heterocycles. The summed E-state index contributed by atoms with van der Waals surface area (Å²) in [6.45, 7) is 0.0496. The summed E-state index contributed by atoms with van der Waals surface area (Å²) in [6, 6.07) is 7.86. The molecule has 0 fully saturated rings. The van der Waals surface area contributed by atoms with Crippen LogP contribution in [0, 0.1) is 9.54 Å². The Balaban J connectivity index is 1.98. The molecule has 0 saturated carbocycles. The number of hydrogen-bond donors (Lipinski definition) is 2. The van der Waals surface area contributed by atoms with Crippen LogP contribution in [0.25, 0.3) is 0 Å². The van der Waals surface area contributed by atoms with Crippen LogP contribution in [0.4, 0.5) is 0 Å². The quantitative estimate of drug-likeness (QED) is 0.242. The predicted molar refractivity (Wildman–Crippen MR) is 165 cm³/mol. The topological polar surface area (TPSA) is 104 Å². The van der Waals surface area contributed by atoms with Crippen LogP contribution in [0.15, 0.2) is 39.9 Å². The van der Waals surface area contributed by atoms with E-state index >= 15 is 0 Å². The van der Waals surface area contributed by atoms with Crippen molar-refractivity contribution >= 4 is 70.8 Å². The molecular weight excluding hydrogens is 654 g/mol. The number of aromatic hydroxyl groups is 2. The van der Waals surface area contributed by atoms with Gasteiger partial charge in [0.25, 0.3) is 11.1 Å².